The van der Waals surface area contributed by atoms with Gasteiger partial charge < -0.3 is 20.1 Å². The van der Waals surface area contributed by atoms with Gasteiger partial charge in [-0.2, -0.15) is 5.10 Å². The highest BCUT2D eigenvalue weighted by molar-refractivity contribution is 5.99. The van der Waals surface area contributed by atoms with Crippen molar-refractivity contribution in [2.45, 2.75) is 56.7 Å². The van der Waals surface area contributed by atoms with Gasteiger partial charge in [-0.1, -0.05) is 0 Å². The third-order valence-electron chi connectivity index (χ3n) is 6.73. The molecule has 1 aromatic carbocycles. The lowest BCUT2D eigenvalue weighted by molar-refractivity contribution is 0.0869. The van der Waals surface area contributed by atoms with Crippen LogP contribution < -0.4 is 15.0 Å². The fourth-order valence-electron chi connectivity index (χ4n) is 4.99. The van der Waals surface area contributed by atoms with Gasteiger partial charge in [0.1, 0.15) is 22.9 Å². The number of amides is 1. The molecule has 9 heteroatoms. The Morgan fingerprint density at radius 1 is 1.21 bits per heavy atom. The van der Waals surface area contributed by atoms with Crippen LogP contribution in [0.1, 0.15) is 60.5 Å². The summed E-state index contributed by atoms with van der Waals surface area (Å²) < 4.78 is 21.1. The number of carbonyl (C=O) groups is 1. The molecule has 2 aliphatic rings. The highest BCUT2D eigenvalue weighted by Crippen LogP contribution is 2.39. The summed E-state index contributed by atoms with van der Waals surface area (Å²) >= 11 is 0. The number of halogens is 1. The predicted molar refractivity (Wildman–Crippen MR) is 121 cm³/mol. The first-order valence-electron chi connectivity index (χ1n) is 11.5. The highest BCUT2D eigenvalue weighted by Gasteiger charge is 2.30. The van der Waals surface area contributed by atoms with Crippen LogP contribution in [0.3, 0.4) is 0 Å². The Kier molecular flexibility index (Phi) is 5.88. The van der Waals surface area contributed by atoms with E-state index in [1.165, 1.54) is 18.3 Å². The molecule has 33 heavy (non-hydrogen) atoms. The van der Waals surface area contributed by atoms with E-state index in [1.807, 2.05) is 6.07 Å². The van der Waals surface area contributed by atoms with Gasteiger partial charge in [-0.3, -0.25) is 4.79 Å². The Morgan fingerprint density at radius 3 is 2.82 bits per heavy atom. The third kappa shape index (κ3) is 4.25. The van der Waals surface area contributed by atoms with E-state index in [2.05, 4.69) is 15.3 Å². The summed E-state index contributed by atoms with van der Waals surface area (Å²) in [6.45, 7) is 0.771. The summed E-state index contributed by atoms with van der Waals surface area (Å²) in [4.78, 5) is 19.9. The molecule has 1 atom stereocenters. The first kappa shape index (κ1) is 21.6. The predicted octanol–water partition coefficient (Wildman–Crippen LogP) is 3.25. The molecule has 2 N–H and O–H groups in total. The van der Waals surface area contributed by atoms with Crippen LogP contribution in [0.15, 0.2) is 36.7 Å². The second-order valence-electron chi connectivity index (χ2n) is 8.83. The summed E-state index contributed by atoms with van der Waals surface area (Å²) in [5, 5.41) is 17.1. The molecule has 1 saturated heterocycles. The van der Waals surface area contributed by atoms with Crippen molar-refractivity contribution in [2.24, 2.45) is 0 Å². The molecule has 1 aliphatic heterocycles. The van der Waals surface area contributed by atoms with Crippen LogP contribution in [-0.4, -0.2) is 51.4 Å². The van der Waals surface area contributed by atoms with Crippen molar-refractivity contribution in [3.05, 3.63) is 53.6 Å². The molecule has 2 aromatic heterocycles. The number of methoxy groups -OCH3 is 1. The molecule has 0 spiro atoms. The smallest absolute Gasteiger partial charge is 0.256 e. The second kappa shape index (κ2) is 8.97. The van der Waals surface area contributed by atoms with E-state index < -0.39 is 0 Å². The molecule has 1 aliphatic carbocycles. The molecule has 0 radical (unpaired) electrons. The average Bonchev–Trinajstić information content (AvgIpc) is 3.47. The summed E-state index contributed by atoms with van der Waals surface area (Å²) in [7, 11) is 1.59. The van der Waals surface area contributed by atoms with Crippen molar-refractivity contribution < 1.29 is 19.0 Å². The van der Waals surface area contributed by atoms with Gasteiger partial charge in [-0.15, -0.1) is 0 Å². The van der Waals surface area contributed by atoms with Crippen LogP contribution >= 0.6 is 0 Å². The Hall–Kier alpha value is -3.20. The van der Waals surface area contributed by atoms with Gasteiger partial charge in [0.2, 0.25) is 0 Å². The Bertz CT molecular complexity index is 1160. The quantitative estimate of drug-likeness (QED) is 0.616. The van der Waals surface area contributed by atoms with E-state index in [1.54, 1.807) is 23.9 Å². The number of aromatic nitrogens is 3. The van der Waals surface area contributed by atoms with Gasteiger partial charge in [0, 0.05) is 24.3 Å². The lowest BCUT2D eigenvalue weighted by Gasteiger charge is -2.27. The summed E-state index contributed by atoms with van der Waals surface area (Å²) in [6, 6.07) is 6.42. The monoisotopic (exact) mass is 453 g/mol. The zero-order valence-corrected chi connectivity index (χ0v) is 18.6. The maximum absolute atomic E-state index is 14.0. The standard InChI is InChI=1S/C24H28FN5O3/c1-33-21-9-4-15(25)13-18(21)20-3-2-11-29(20)22-10-12-30-23(28-22)19(14-26-30)24(32)27-16-5-7-17(31)8-6-16/h4,9-10,12-14,16-17,20,31H,2-3,5-8,11H2,1H3,(H,27,32)/t16?,17?,20-/m1/s1. The molecule has 3 heterocycles. The fourth-order valence-corrected chi connectivity index (χ4v) is 4.99. The lowest BCUT2D eigenvalue weighted by Crippen LogP contribution is -2.38. The van der Waals surface area contributed by atoms with Crippen LogP contribution in [0, 0.1) is 5.82 Å². The van der Waals surface area contributed by atoms with Gasteiger partial charge in [-0.25, -0.2) is 13.9 Å². The van der Waals surface area contributed by atoms with Crippen LogP contribution in [-0.2, 0) is 0 Å². The van der Waals surface area contributed by atoms with Crippen LogP contribution in [0.2, 0.25) is 0 Å². The maximum Gasteiger partial charge on any atom is 0.256 e. The van der Waals surface area contributed by atoms with Crippen molar-refractivity contribution in [3.8, 4) is 5.75 Å². The Labute approximate surface area is 191 Å². The van der Waals surface area contributed by atoms with Crippen molar-refractivity contribution in [2.75, 3.05) is 18.6 Å². The zero-order valence-electron chi connectivity index (χ0n) is 18.6. The SMILES string of the molecule is COc1ccc(F)cc1[C@H]1CCCN1c1ccn2ncc(C(=O)NC3CCC(O)CC3)c2n1. The number of carbonyl (C=O) groups excluding carboxylic acids is 1. The number of rotatable bonds is 5. The van der Waals surface area contributed by atoms with E-state index in [0.29, 0.717) is 35.6 Å². The van der Waals surface area contributed by atoms with E-state index in [4.69, 9.17) is 9.72 Å². The molecule has 2 fully saturated rings. The summed E-state index contributed by atoms with van der Waals surface area (Å²) in [6.07, 6.45) is 7.77. The topological polar surface area (TPSA) is 92.0 Å². The first-order valence-corrected chi connectivity index (χ1v) is 11.5. The lowest BCUT2D eigenvalue weighted by atomic mass is 9.93. The maximum atomic E-state index is 14.0. The number of hydrogen-bond acceptors (Lipinski definition) is 6. The highest BCUT2D eigenvalue weighted by atomic mass is 19.1. The van der Waals surface area contributed by atoms with Crippen LogP contribution in [0.5, 0.6) is 5.75 Å². The van der Waals surface area contributed by atoms with Gasteiger partial charge in [0.05, 0.1) is 25.5 Å². The summed E-state index contributed by atoms with van der Waals surface area (Å²) in [5.41, 5.74) is 1.70. The average molecular weight is 454 g/mol. The number of anilines is 1. The van der Waals surface area contributed by atoms with Gasteiger partial charge in [-0.05, 0) is 62.8 Å². The van der Waals surface area contributed by atoms with E-state index in [9.17, 15) is 14.3 Å². The molecule has 3 aromatic rings. The van der Waals surface area contributed by atoms with Crippen LogP contribution in [0.25, 0.3) is 5.65 Å². The molecule has 8 nitrogen and oxygen atoms in total. The molecular weight excluding hydrogens is 425 g/mol. The van der Waals surface area contributed by atoms with Crippen molar-refractivity contribution in [1.82, 2.24) is 19.9 Å². The minimum atomic E-state index is -0.300. The van der Waals surface area contributed by atoms with Crippen LogP contribution in [0.4, 0.5) is 10.2 Å². The zero-order chi connectivity index (χ0) is 22.9. The number of hydrogen-bond donors (Lipinski definition) is 2. The molecule has 1 amide bonds. The number of nitrogens with zero attached hydrogens (tertiary/aromatic N) is 4. The van der Waals surface area contributed by atoms with Crippen molar-refractivity contribution in [3.63, 3.8) is 0 Å². The van der Waals surface area contributed by atoms with Crippen molar-refractivity contribution in [1.29, 1.82) is 0 Å². The number of aliphatic hydroxyl groups is 1. The number of aliphatic hydroxyl groups excluding tert-OH is 1. The normalized spacial score (nSPS) is 23.1. The Morgan fingerprint density at radius 2 is 2.03 bits per heavy atom. The molecule has 5 rings (SSSR count). The van der Waals surface area contributed by atoms with Gasteiger partial charge in [0.25, 0.3) is 5.91 Å². The molecule has 0 unspecified atom stereocenters. The first-order chi connectivity index (χ1) is 16.0. The van der Waals surface area contributed by atoms with E-state index in [-0.39, 0.29) is 29.9 Å². The van der Waals surface area contributed by atoms with Crippen molar-refractivity contribution >= 4 is 17.4 Å². The minimum Gasteiger partial charge on any atom is -0.496 e. The Balaban J connectivity index is 1.42. The van der Waals surface area contributed by atoms with Gasteiger partial charge >= 0.3 is 0 Å². The summed E-state index contributed by atoms with van der Waals surface area (Å²) in [5.74, 6) is 0.856. The number of fused-ring (bicyclic) bond motifs is 1. The second-order valence-corrected chi connectivity index (χ2v) is 8.83. The molecular formula is C24H28FN5O3. The molecule has 0 bridgehead atoms. The minimum absolute atomic E-state index is 0.0439. The fraction of sp³-hybridized carbons (Fsp3) is 0.458. The number of nitrogens with one attached hydrogen (secondary N) is 1. The molecule has 1 saturated carbocycles. The third-order valence-corrected chi connectivity index (χ3v) is 6.73. The van der Waals surface area contributed by atoms with Gasteiger partial charge in [0.15, 0.2) is 5.65 Å². The van der Waals surface area contributed by atoms with E-state index >= 15 is 0 Å². The number of benzene rings is 1. The molecule has 174 valence electrons. The number of ether oxygens (including phenoxy) is 1. The van der Waals surface area contributed by atoms with E-state index in [0.717, 1.165) is 37.8 Å². The largest absolute Gasteiger partial charge is 0.496 e.